The first-order chi connectivity index (χ1) is 2.41. The lowest BCUT2D eigenvalue weighted by molar-refractivity contribution is 0.566. The van der Waals surface area contributed by atoms with Gasteiger partial charge in [0.15, 0.2) is 0 Å². The number of nitrogens with zero attached hydrogens (tertiary/aromatic N) is 1. The zero-order valence-electron chi connectivity index (χ0n) is 2.51. The Morgan fingerprint density at radius 3 is 2.60 bits per heavy atom. The first kappa shape index (κ1) is 4.95. The summed E-state index contributed by atoms with van der Waals surface area (Å²) in [5.41, 5.74) is 0. The number of thiol groups is 1. The molecule has 28 valence electrons. The van der Waals surface area contributed by atoms with E-state index in [-0.39, 0.29) is 0 Å². The summed E-state index contributed by atoms with van der Waals surface area (Å²) in [7, 11) is -0.690. The highest BCUT2D eigenvalue weighted by atomic mass is 32.3. The van der Waals surface area contributed by atoms with Crippen LogP contribution in [-0.2, 0) is 4.79 Å². The van der Waals surface area contributed by atoms with Gasteiger partial charge >= 0.3 is 0 Å². The molecule has 0 saturated heterocycles. The Bertz CT molecular complexity index is 58.7. The van der Waals surface area contributed by atoms with E-state index in [1.165, 1.54) is 6.08 Å². The molecule has 0 atom stereocenters. The molecule has 0 heterocycles. The van der Waals surface area contributed by atoms with Crippen molar-refractivity contribution in [2.24, 2.45) is 4.66 Å². The molecule has 0 aliphatic heterocycles. The van der Waals surface area contributed by atoms with Crippen molar-refractivity contribution >= 4 is 27.0 Å². The Balaban J connectivity index is 2.93. The zero-order chi connectivity index (χ0) is 4.12. The lowest BCUT2D eigenvalue weighted by atomic mass is 11.7. The summed E-state index contributed by atoms with van der Waals surface area (Å²) >= 11 is 3.71. The molecule has 0 unspecified atom stereocenters. The predicted octanol–water partition coefficient (Wildman–Crippen LogP) is -0.749. The van der Waals surface area contributed by atoms with Crippen molar-refractivity contribution in [3.8, 4) is 0 Å². The van der Waals surface area contributed by atoms with Gasteiger partial charge in [0.1, 0.15) is 0 Å². The van der Waals surface area contributed by atoms with Crippen LogP contribution in [0.1, 0.15) is 0 Å². The van der Waals surface area contributed by atoms with Gasteiger partial charge in [0.25, 0.3) is 0 Å². The molecule has 0 radical (unpaired) electrons. The zero-order valence-corrected chi connectivity index (χ0v) is 4.82. The maximum absolute atomic E-state index is 9.10. The van der Waals surface area contributed by atoms with Crippen molar-refractivity contribution in [2.75, 3.05) is 0 Å². The molecule has 2 nitrogen and oxygen atoms in total. The average Bonchev–Trinajstić information content (AvgIpc) is 1.41. The first-order valence-electron chi connectivity index (χ1n) is 1.06. The third kappa shape index (κ3) is 3.95. The largest absolute Gasteiger partial charge is 0.243 e. The predicted molar refractivity (Wildman–Crippen MR) is 25.7 cm³/mol. The van der Waals surface area contributed by atoms with Crippen LogP contribution in [0.25, 0.3) is 0 Å². The average molecular weight is 105 g/mol. The highest BCUT2D eigenvalue weighted by Crippen LogP contribution is 1.59. The van der Waals surface area contributed by atoms with E-state index in [9.17, 15) is 0 Å². The number of carbonyl (C=O) groups excluding carboxylic acids is 1. The standard InChI is InChI=1S/CH3NOSSi/c3-1-2-5-4/h4H,5H2. The summed E-state index contributed by atoms with van der Waals surface area (Å²) in [6, 6.07) is 0. The molecule has 5 heavy (non-hydrogen) atoms. The molecule has 0 aromatic heterocycles. The Morgan fingerprint density at radius 1 is 2.00 bits per heavy atom. The van der Waals surface area contributed by atoms with E-state index in [2.05, 4.69) is 16.7 Å². The minimum atomic E-state index is -0.690. The van der Waals surface area contributed by atoms with Crippen LogP contribution in [-0.4, -0.2) is 14.9 Å². The van der Waals surface area contributed by atoms with E-state index in [0.29, 0.717) is 0 Å². The normalized spacial score (nSPS) is 8.20. The van der Waals surface area contributed by atoms with Gasteiger partial charge in [-0.2, -0.15) is 12.1 Å². The van der Waals surface area contributed by atoms with Crippen LogP contribution in [0, 0.1) is 0 Å². The second-order valence-corrected chi connectivity index (χ2v) is 1.84. The van der Waals surface area contributed by atoms with Crippen molar-refractivity contribution in [1.82, 2.24) is 0 Å². The molecule has 0 saturated carbocycles. The number of hydrogen-bond acceptors (Lipinski definition) is 3. The summed E-state index contributed by atoms with van der Waals surface area (Å²) in [5, 5.41) is 0. The van der Waals surface area contributed by atoms with E-state index in [1.807, 2.05) is 0 Å². The van der Waals surface area contributed by atoms with Gasteiger partial charge in [-0.05, 0) is 0 Å². The maximum atomic E-state index is 9.10. The number of rotatable bonds is 1. The molecule has 4 heteroatoms. The Hall–Kier alpha value is -0.0531. The van der Waals surface area contributed by atoms with Crippen molar-refractivity contribution < 1.29 is 4.79 Å². The van der Waals surface area contributed by atoms with Crippen molar-refractivity contribution in [3.05, 3.63) is 0 Å². The molecular formula is CH3NOSSi. The topological polar surface area (TPSA) is 29.4 Å². The van der Waals surface area contributed by atoms with Gasteiger partial charge in [0.05, 0.1) is 0 Å². The summed E-state index contributed by atoms with van der Waals surface area (Å²) in [6.07, 6.45) is 1.38. The van der Waals surface area contributed by atoms with Gasteiger partial charge in [-0.3, -0.25) is 0 Å². The molecule has 0 spiro atoms. The van der Waals surface area contributed by atoms with Crippen LogP contribution in [0.15, 0.2) is 4.66 Å². The lowest BCUT2D eigenvalue weighted by Gasteiger charge is -1.55. The van der Waals surface area contributed by atoms with Crippen molar-refractivity contribution in [1.29, 1.82) is 0 Å². The van der Waals surface area contributed by atoms with Crippen LogP contribution < -0.4 is 0 Å². The van der Waals surface area contributed by atoms with Gasteiger partial charge < -0.3 is 0 Å². The molecule has 0 aliphatic rings. The summed E-state index contributed by atoms with van der Waals surface area (Å²) in [4.78, 5) is 9.10. The fourth-order valence-electron chi connectivity index (χ4n) is 0.0289. The van der Waals surface area contributed by atoms with E-state index in [4.69, 9.17) is 4.79 Å². The van der Waals surface area contributed by atoms with Gasteiger partial charge in [-0.1, -0.05) is 0 Å². The molecule has 0 rings (SSSR count). The third-order valence-corrected chi connectivity index (χ3v) is 0.830. The fraction of sp³-hybridized carbons (Fsp3) is 0. The number of isocyanates is 1. The summed E-state index contributed by atoms with van der Waals surface area (Å²) in [5.74, 6) is 0. The summed E-state index contributed by atoms with van der Waals surface area (Å²) < 4.78 is 3.17. The van der Waals surface area contributed by atoms with Gasteiger partial charge in [-0.15, -0.1) is 0 Å². The lowest BCUT2D eigenvalue weighted by Crippen LogP contribution is -1.60. The molecule has 0 aromatic rings. The van der Waals surface area contributed by atoms with Gasteiger partial charge in [0.2, 0.25) is 14.9 Å². The molecular weight excluding hydrogens is 102 g/mol. The highest BCUT2D eigenvalue weighted by molar-refractivity contribution is 8.06. The van der Waals surface area contributed by atoms with Crippen LogP contribution in [0.3, 0.4) is 0 Å². The first-order valence-corrected chi connectivity index (χ1v) is 4.22. The van der Waals surface area contributed by atoms with E-state index in [1.54, 1.807) is 0 Å². The van der Waals surface area contributed by atoms with E-state index >= 15 is 0 Å². The molecule has 0 N–H and O–H groups in total. The third-order valence-electron chi connectivity index (χ3n) is 0.135. The minimum Gasteiger partial charge on any atom is -0.243 e. The smallest absolute Gasteiger partial charge is 0.225 e. The molecule has 0 aromatic carbocycles. The molecule has 0 fully saturated rings. The van der Waals surface area contributed by atoms with Crippen LogP contribution >= 0.6 is 12.1 Å². The second kappa shape index (κ2) is 3.95. The molecule has 0 aliphatic carbocycles. The van der Waals surface area contributed by atoms with Crippen molar-refractivity contribution in [2.45, 2.75) is 0 Å². The number of hydrogen-bond donors (Lipinski definition) is 1. The van der Waals surface area contributed by atoms with Gasteiger partial charge in [-0.25, -0.2) is 9.45 Å². The molecule has 0 amide bonds. The van der Waals surface area contributed by atoms with Crippen LogP contribution in [0.2, 0.25) is 0 Å². The van der Waals surface area contributed by atoms with E-state index in [0.717, 1.165) is 0 Å². The maximum Gasteiger partial charge on any atom is 0.225 e. The Labute approximate surface area is 37.2 Å². The SMILES string of the molecule is O=C=N[SiH2]S. The Morgan fingerprint density at radius 2 is 2.60 bits per heavy atom. The Kier molecular flexibility index (Phi) is 3.90. The fourth-order valence-corrected chi connectivity index (χ4v) is 0.260. The minimum absolute atomic E-state index is 0.690. The van der Waals surface area contributed by atoms with Crippen LogP contribution in [0.4, 0.5) is 0 Å². The quantitative estimate of drug-likeness (QED) is 0.202. The highest BCUT2D eigenvalue weighted by Gasteiger charge is 1.56. The summed E-state index contributed by atoms with van der Waals surface area (Å²) in [6.45, 7) is 0. The van der Waals surface area contributed by atoms with Crippen molar-refractivity contribution in [3.63, 3.8) is 0 Å². The molecule has 0 bridgehead atoms. The van der Waals surface area contributed by atoms with E-state index < -0.39 is 8.83 Å². The van der Waals surface area contributed by atoms with Crippen LogP contribution in [0.5, 0.6) is 0 Å². The van der Waals surface area contributed by atoms with Gasteiger partial charge in [0, 0.05) is 0 Å². The second-order valence-electron chi connectivity index (χ2n) is 0.391. The monoisotopic (exact) mass is 105 g/mol.